The number of likely N-dealkylation sites (N-methyl/N-ethyl adjacent to an activating group) is 1. The second-order valence-corrected chi connectivity index (χ2v) is 5.64. The van der Waals surface area contributed by atoms with Crippen LogP contribution in [0.25, 0.3) is 0 Å². The minimum atomic E-state index is 0.807. The fourth-order valence-corrected chi connectivity index (χ4v) is 3.10. The van der Waals surface area contributed by atoms with Crippen LogP contribution in [-0.4, -0.2) is 60.6 Å². The van der Waals surface area contributed by atoms with Crippen molar-refractivity contribution < 1.29 is 0 Å². The van der Waals surface area contributed by atoms with E-state index >= 15 is 0 Å². The monoisotopic (exact) mass is 209 g/mol. The standard InChI is InChI=1S/C12H23N3/c1-9-5-11(8-15(9)10-3-4-10)14(2)12-6-13-7-12/h9-13H,3-8H2,1-2H3. The van der Waals surface area contributed by atoms with Crippen LogP contribution in [0.2, 0.25) is 0 Å². The molecule has 3 aliphatic rings. The highest BCUT2D eigenvalue weighted by molar-refractivity contribution is 4.98. The third-order valence-corrected chi connectivity index (χ3v) is 4.53. The van der Waals surface area contributed by atoms with Crippen LogP contribution < -0.4 is 5.32 Å². The van der Waals surface area contributed by atoms with E-state index in [4.69, 9.17) is 0 Å². The third kappa shape index (κ3) is 1.81. The first-order valence-electron chi connectivity index (χ1n) is 6.44. The van der Waals surface area contributed by atoms with Crippen LogP contribution in [0.15, 0.2) is 0 Å². The van der Waals surface area contributed by atoms with Gasteiger partial charge in [0, 0.05) is 43.8 Å². The number of hydrogen-bond acceptors (Lipinski definition) is 3. The van der Waals surface area contributed by atoms with Gasteiger partial charge in [0.25, 0.3) is 0 Å². The molecule has 2 unspecified atom stereocenters. The Morgan fingerprint density at radius 1 is 1.20 bits per heavy atom. The maximum absolute atomic E-state index is 3.37. The van der Waals surface area contributed by atoms with Gasteiger partial charge in [-0.05, 0) is 33.2 Å². The number of nitrogens with zero attached hydrogens (tertiary/aromatic N) is 2. The molecule has 0 amide bonds. The second kappa shape index (κ2) is 3.72. The summed E-state index contributed by atoms with van der Waals surface area (Å²) in [5.41, 5.74) is 0. The molecule has 3 heteroatoms. The van der Waals surface area contributed by atoms with Crippen LogP contribution in [0, 0.1) is 0 Å². The summed E-state index contributed by atoms with van der Waals surface area (Å²) in [7, 11) is 2.32. The molecule has 3 rings (SSSR count). The van der Waals surface area contributed by atoms with Crippen molar-refractivity contribution in [2.75, 3.05) is 26.7 Å². The number of likely N-dealkylation sites (tertiary alicyclic amines) is 1. The van der Waals surface area contributed by atoms with Crippen molar-refractivity contribution in [3.63, 3.8) is 0 Å². The summed E-state index contributed by atoms with van der Waals surface area (Å²) in [6, 6.07) is 3.38. The minimum absolute atomic E-state index is 0.807. The minimum Gasteiger partial charge on any atom is -0.314 e. The molecule has 1 N–H and O–H groups in total. The molecular formula is C12H23N3. The molecule has 0 bridgehead atoms. The molecule has 0 spiro atoms. The van der Waals surface area contributed by atoms with Crippen LogP contribution in [0.1, 0.15) is 26.2 Å². The zero-order valence-corrected chi connectivity index (χ0v) is 9.95. The average Bonchev–Trinajstić information content (AvgIpc) is 2.87. The van der Waals surface area contributed by atoms with Crippen molar-refractivity contribution in [2.24, 2.45) is 0 Å². The molecule has 0 radical (unpaired) electrons. The topological polar surface area (TPSA) is 18.5 Å². The first kappa shape index (κ1) is 10.1. The third-order valence-electron chi connectivity index (χ3n) is 4.53. The van der Waals surface area contributed by atoms with Crippen LogP contribution in [0.5, 0.6) is 0 Å². The Balaban J connectivity index is 1.58. The van der Waals surface area contributed by atoms with Crippen molar-refractivity contribution in [1.29, 1.82) is 0 Å². The molecule has 2 heterocycles. The van der Waals surface area contributed by atoms with Gasteiger partial charge in [-0.25, -0.2) is 0 Å². The Hall–Kier alpha value is -0.120. The Kier molecular flexibility index (Phi) is 2.49. The Morgan fingerprint density at radius 3 is 2.47 bits per heavy atom. The van der Waals surface area contributed by atoms with Gasteiger partial charge in [-0.2, -0.15) is 0 Å². The van der Waals surface area contributed by atoms with E-state index < -0.39 is 0 Å². The lowest BCUT2D eigenvalue weighted by atomic mass is 10.1. The summed E-state index contributed by atoms with van der Waals surface area (Å²) in [6.45, 7) is 6.12. The molecule has 1 aliphatic carbocycles. The molecule has 15 heavy (non-hydrogen) atoms. The van der Waals surface area contributed by atoms with Gasteiger partial charge in [0.2, 0.25) is 0 Å². The van der Waals surface area contributed by atoms with E-state index in [1.54, 1.807) is 0 Å². The van der Waals surface area contributed by atoms with Crippen molar-refractivity contribution in [3.8, 4) is 0 Å². The number of hydrogen-bond donors (Lipinski definition) is 1. The Bertz CT molecular complexity index is 235. The summed E-state index contributed by atoms with van der Waals surface area (Å²) in [6.07, 6.45) is 4.28. The van der Waals surface area contributed by atoms with E-state index in [9.17, 15) is 0 Å². The molecule has 0 aromatic heterocycles. The van der Waals surface area contributed by atoms with Gasteiger partial charge < -0.3 is 5.32 Å². The smallest absolute Gasteiger partial charge is 0.0345 e. The first-order chi connectivity index (χ1) is 7.25. The summed E-state index contributed by atoms with van der Waals surface area (Å²) < 4.78 is 0. The molecule has 3 nitrogen and oxygen atoms in total. The highest BCUT2D eigenvalue weighted by Gasteiger charge is 2.41. The molecule has 2 atom stereocenters. The maximum atomic E-state index is 3.37. The molecule has 0 aromatic carbocycles. The summed E-state index contributed by atoms with van der Waals surface area (Å²) >= 11 is 0. The number of nitrogens with one attached hydrogen (secondary N) is 1. The van der Waals surface area contributed by atoms with Crippen molar-refractivity contribution in [1.82, 2.24) is 15.1 Å². The Labute approximate surface area is 92.8 Å². The van der Waals surface area contributed by atoms with Crippen LogP contribution >= 0.6 is 0 Å². The van der Waals surface area contributed by atoms with Gasteiger partial charge in [-0.15, -0.1) is 0 Å². The van der Waals surface area contributed by atoms with Gasteiger partial charge in [0.05, 0.1) is 0 Å². The van der Waals surface area contributed by atoms with E-state index in [1.807, 2.05) is 0 Å². The molecular weight excluding hydrogens is 186 g/mol. The molecule has 2 saturated heterocycles. The highest BCUT2D eigenvalue weighted by Crippen LogP contribution is 2.34. The zero-order chi connectivity index (χ0) is 10.4. The van der Waals surface area contributed by atoms with E-state index in [2.05, 4.69) is 29.1 Å². The van der Waals surface area contributed by atoms with Crippen LogP contribution in [0.4, 0.5) is 0 Å². The fourth-order valence-electron chi connectivity index (χ4n) is 3.10. The molecule has 3 fully saturated rings. The van der Waals surface area contributed by atoms with Crippen LogP contribution in [-0.2, 0) is 0 Å². The predicted octanol–water partition coefficient (Wildman–Crippen LogP) is 0.515. The lowest BCUT2D eigenvalue weighted by Crippen LogP contribution is -2.58. The average molecular weight is 209 g/mol. The molecule has 2 aliphatic heterocycles. The highest BCUT2D eigenvalue weighted by atomic mass is 15.3. The molecule has 86 valence electrons. The van der Waals surface area contributed by atoms with Gasteiger partial charge in [-0.3, -0.25) is 9.80 Å². The van der Waals surface area contributed by atoms with Gasteiger partial charge in [-0.1, -0.05) is 0 Å². The summed E-state index contributed by atoms with van der Waals surface area (Å²) in [5, 5.41) is 3.37. The summed E-state index contributed by atoms with van der Waals surface area (Å²) in [4.78, 5) is 5.36. The van der Waals surface area contributed by atoms with Crippen LogP contribution in [0.3, 0.4) is 0 Å². The normalized spacial score (nSPS) is 38.6. The second-order valence-electron chi connectivity index (χ2n) is 5.64. The lowest BCUT2D eigenvalue weighted by Gasteiger charge is -2.39. The van der Waals surface area contributed by atoms with E-state index in [1.165, 1.54) is 38.9 Å². The van der Waals surface area contributed by atoms with Gasteiger partial charge >= 0.3 is 0 Å². The Morgan fingerprint density at radius 2 is 1.93 bits per heavy atom. The summed E-state index contributed by atoms with van der Waals surface area (Å²) in [5.74, 6) is 0. The molecule has 1 saturated carbocycles. The largest absolute Gasteiger partial charge is 0.314 e. The molecule has 0 aromatic rings. The number of rotatable bonds is 3. The van der Waals surface area contributed by atoms with E-state index in [0.717, 1.165) is 24.2 Å². The van der Waals surface area contributed by atoms with Crippen molar-refractivity contribution >= 4 is 0 Å². The van der Waals surface area contributed by atoms with Gasteiger partial charge in [0.1, 0.15) is 0 Å². The van der Waals surface area contributed by atoms with Crippen molar-refractivity contribution in [3.05, 3.63) is 0 Å². The van der Waals surface area contributed by atoms with E-state index in [0.29, 0.717) is 0 Å². The fraction of sp³-hybridized carbons (Fsp3) is 1.00. The van der Waals surface area contributed by atoms with Gasteiger partial charge in [0.15, 0.2) is 0 Å². The van der Waals surface area contributed by atoms with E-state index in [-0.39, 0.29) is 0 Å². The quantitative estimate of drug-likeness (QED) is 0.731. The maximum Gasteiger partial charge on any atom is 0.0345 e. The SMILES string of the molecule is CC1CC(N(C)C2CNC2)CN1C1CC1. The predicted molar refractivity (Wildman–Crippen MR) is 62.0 cm³/mol. The first-order valence-corrected chi connectivity index (χ1v) is 6.44. The lowest BCUT2D eigenvalue weighted by molar-refractivity contribution is 0.127. The van der Waals surface area contributed by atoms with Crippen molar-refractivity contribution in [2.45, 2.75) is 50.4 Å². The zero-order valence-electron chi connectivity index (χ0n) is 9.95.